The number of nitrogens with zero attached hydrogens (tertiary/aromatic N) is 7. The molecule has 7 aromatic rings. The Hall–Kier alpha value is -5.46. The first-order chi connectivity index (χ1) is 24.5. The molecule has 1 N–H and O–H groups in total. The van der Waals surface area contributed by atoms with Crippen molar-refractivity contribution in [3.63, 3.8) is 0 Å². The van der Waals surface area contributed by atoms with Gasteiger partial charge in [-0.15, -0.1) is 0 Å². The molecule has 4 heterocycles. The number of hydrogen-bond donors (Lipinski definition) is 1. The molecule has 12 nitrogen and oxygen atoms in total. The van der Waals surface area contributed by atoms with Crippen LogP contribution in [0, 0.1) is 0 Å². The summed E-state index contributed by atoms with van der Waals surface area (Å²) in [7, 11) is 3.60. The number of halogens is 2. The lowest BCUT2D eigenvalue weighted by Gasteiger charge is -2.12. The second-order valence-electron chi connectivity index (χ2n) is 12.1. The van der Waals surface area contributed by atoms with Crippen LogP contribution in [0.4, 0.5) is 0 Å². The van der Waals surface area contributed by atoms with E-state index in [4.69, 9.17) is 23.2 Å². The molecule has 14 heteroatoms. The lowest BCUT2D eigenvalue weighted by molar-refractivity contribution is 0.629. The van der Waals surface area contributed by atoms with E-state index in [0.717, 1.165) is 28.3 Å². The molecule has 0 aliphatic rings. The summed E-state index contributed by atoms with van der Waals surface area (Å²) in [5, 5.41) is 1.22. The van der Waals surface area contributed by atoms with E-state index >= 15 is 0 Å². The largest absolute Gasteiger partial charge is 0.333 e. The van der Waals surface area contributed by atoms with Gasteiger partial charge in [0, 0.05) is 37.0 Å². The second-order valence-corrected chi connectivity index (χ2v) is 12.9. The van der Waals surface area contributed by atoms with E-state index in [2.05, 4.69) is 15.0 Å². The molecule has 0 unspecified atom stereocenters. The van der Waals surface area contributed by atoms with Gasteiger partial charge in [-0.3, -0.25) is 28.3 Å². The van der Waals surface area contributed by atoms with Crippen molar-refractivity contribution in [1.82, 2.24) is 37.8 Å². The fraction of sp³-hybridized carbons (Fsp3) is 0.243. The summed E-state index contributed by atoms with van der Waals surface area (Å²) in [6, 6.07) is 23.9. The molecule has 0 saturated carbocycles. The molecule has 0 aliphatic heterocycles. The average molecular weight is 728 g/mol. The maximum atomic E-state index is 13.3. The minimum absolute atomic E-state index is 0.173. The number of rotatable bonds is 8. The van der Waals surface area contributed by atoms with Crippen molar-refractivity contribution in [1.29, 1.82) is 0 Å². The molecule has 0 fully saturated rings. The Kier molecular flexibility index (Phi) is 10.3. The van der Waals surface area contributed by atoms with Gasteiger partial charge in [0.15, 0.2) is 22.3 Å². The van der Waals surface area contributed by atoms with Gasteiger partial charge in [-0.2, -0.15) is 0 Å². The zero-order valence-electron chi connectivity index (χ0n) is 28.6. The van der Waals surface area contributed by atoms with Gasteiger partial charge in [-0.05, 0) is 41.0 Å². The van der Waals surface area contributed by atoms with Crippen molar-refractivity contribution in [2.75, 3.05) is 0 Å². The number of imidazole rings is 2. The third-order valence-electron chi connectivity index (χ3n) is 8.76. The van der Waals surface area contributed by atoms with Gasteiger partial charge in [0.1, 0.15) is 11.6 Å². The lowest BCUT2D eigenvalue weighted by Crippen LogP contribution is -2.41. The van der Waals surface area contributed by atoms with Crippen LogP contribution in [0.15, 0.2) is 98.0 Å². The van der Waals surface area contributed by atoms with Gasteiger partial charge in [0.25, 0.3) is 11.1 Å². The van der Waals surface area contributed by atoms with Crippen LogP contribution < -0.4 is 22.5 Å². The summed E-state index contributed by atoms with van der Waals surface area (Å²) in [5.74, 6) is 1.52. The molecular formula is C37H36Cl2N8O4. The quantitative estimate of drug-likeness (QED) is 0.237. The molecule has 0 radical (unpaired) electrons. The molecule has 3 aromatic carbocycles. The van der Waals surface area contributed by atoms with Crippen molar-refractivity contribution in [2.45, 2.75) is 46.3 Å². The smallest absolute Gasteiger partial charge is 0.325 e. The predicted octanol–water partition coefficient (Wildman–Crippen LogP) is 4.90. The topological polar surface area (TPSA) is 135 Å². The summed E-state index contributed by atoms with van der Waals surface area (Å²) in [6.07, 6.45) is 1.35. The number of fused-ring (bicyclic) bond motifs is 2. The number of aromatic nitrogens is 8. The standard InChI is InChI=1S/C22H21ClN4O2.C15H15ClN4O2/c1-3-18-24-20-19(25(18)2)21(28)27(14-16-9-11-17(23)12-10-16)22(29)26(20)13-15-7-5-4-6-8-15;1-3-11-17-13-12(19(11)2)14(21)20(15(22)18-13)8-9-4-6-10(16)7-5-9/h4-12H,3,13-14H2,1-2H3;4-7H,3,8H2,1-2H3,(H,18,22). The van der Waals surface area contributed by atoms with Gasteiger partial charge < -0.3 is 9.13 Å². The van der Waals surface area contributed by atoms with Crippen molar-refractivity contribution >= 4 is 45.5 Å². The molecule has 262 valence electrons. The molecule has 0 bridgehead atoms. The van der Waals surface area contributed by atoms with E-state index < -0.39 is 5.69 Å². The highest BCUT2D eigenvalue weighted by molar-refractivity contribution is 6.30. The summed E-state index contributed by atoms with van der Waals surface area (Å²) in [6.45, 7) is 4.63. The van der Waals surface area contributed by atoms with Gasteiger partial charge in [-0.25, -0.2) is 19.6 Å². The fourth-order valence-corrected chi connectivity index (χ4v) is 6.29. The highest BCUT2D eigenvalue weighted by atomic mass is 35.5. The van der Waals surface area contributed by atoms with Crippen molar-refractivity contribution in [3.8, 4) is 0 Å². The Balaban J connectivity index is 0.000000183. The van der Waals surface area contributed by atoms with Gasteiger partial charge in [-0.1, -0.05) is 91.6 Å². The number of benzene rings is 3. The number of nitrogens with one attached hydrogen (secondary N) is 1. The minimum atomic E-state index is -0.465. The SMILES string of the molecule is CCc1nc2[nH]c(=O)n(Cc3ccc(Cl)cc3)c(=O)c2n1C.CCc1nc2c(c(=O)n(Cc3ccc(Cl)cc3)c(=O)n2Cc2ccccc2)n1C. The molecule has 0 spiro atoms. The maximum Gasteiger partial charge on any atom is 0.333 e. The minimum Gasteiger partial charge on any atom is -0.325 e. The van der Waals surface area contributed by atoms with Gasteiger partial charge >= 0.3 is 11.4 Å². The van der Waals surface area contributed by atoms with E-state index in [9.17, 15) is 19.2 Å². The lowest BCUT2D eigenvalue weighted by atomic mass is 10.2. The second kappa shape index (κ2) is 14.8. The zero-order valence-corrected chi connectivity index (χ0v) is 30.1. The summed E-state index contributed by atoms with van der Waals surface area (Å²) < 4.78 is 7.55. The Labute approximate surface area is 301 Å². The molecule has 4 aromatic heterocycles. The van der Waals surface area contributed by atoms with Crippen LogP contribution in [0.3, 0.4) is 0 Å². The van der Waals surface area contributed by atoms with Gasteiger partial charge in [0.05, 0.1) is 19.6 Å². The predicted molar refractivity (Wildman–Crippen MR) is 200 cm³/mol. The van der Waals surface area contributed by atoms with E-state index in [1.807, 2.05) is 63.4 Å². The third-order valence-corrected chi connectivity index (χ3v) is 9.27. The fourth-order valence-electron chi connectivity index (χ4n) is 6.04. The van der Waals surface area contributed by atoms with E-state index in [1.54, 1.807) is 57.1 Å². The van der Waals surface area contributed by atoms with Crippen LogP contribution in [-0.4, -0.2) is 37.8 Å². The molecule has 51 heavy (non-hydrogen) atoms. The zero-order chi connectivity index (χ0) is 36.4. The van der Waals surface area contributed by atoms with Crippen LogP contribution in [0.25, 0.3) is 22.3 Å². The number of hydrogen-bond acceptors (Lipinski definition) is 6. The van der Waals surface area contributed by atoms with Crippen LogP contribution in [-0.2, 0) is 46.6 Å². The van der Waals surface area contributed by atoms with Crippen molar-refractivity contribution in [2.24, 2.45) is 14.1 Å². The van der Waals surface area contributed by atoms with Crippen LogP contribution in [0.1, 0.15) is 42.2 Å². The number of aromatic amines is 1. The van der Waals surface area contributed by atoms with Gasteiger partial charge in [0.2, 0.25) is 0 Å². The molecule has 0 amide bonds. The Morgan fingerprint density at radius 2 is 1.06 bits per heavy atom. The van der Waals surface area contributed by atoms with E-state index in [-0.39, 0.29) is 29.9 Å². The summed E-state index contributed by atoms with van der Waals surface area (Å²) >= 11 is 11.8. The normalized spacial score (nSPS) is 11.3. The van der Waals surface area contributed by atoms with Crippen LogP contribution in [0.2, 0.25) is 10.0 Å². The van der Waals surface area contributed by atoms with E-state index in [1.165, 1.54) is 9.13 Å². The molecule has 0 saturated heterocycles. The number of H-pyrrole nitrogens is 1. The first-order valence-electron chi connectivity index (χ1n) is 16.4. The summed E-state index contributed by atoms with van der Waals surface area (Å²) in [4.78, 5) is 62.9. The van der Waals surface area contributed by atoms with Crippen LogP contribution in [0.5, 0.6) is 0 Å². The van der Waals surface area contributed by atoms with E-state index in [0.29, 0.717) is 51.8 Å². The Bertz CT molecular complexity index is 2600. The highest BCUT2D eigenvalue weighted by Crippen LogP contribution is 2.15. The third kappa shape index (κ3) is 7.10. The van der Waals surface area contributed by atoms with Crippen molar-refractivity contribution in [3.05, 3.63) is 159 Å². The Morgan fingerprint density at radius 1 is 0.588 bits per heavy atom. The van der Waals surface area contributed by atoms with Crippen LogP contribution >= 0.6 is 23.2 Å². The molecule has 7 rings (SSSR count). The monoisotopic (exact) mass is 726 g/mol. The van der Waals surface area contributed by atoms with Crippen molar-refractivity contribution < 1.29 is 0 Å². The molecular weight excluding hydrogens is 691 g/mol. The molecule has 0 aliphatic carbocycles. The average Bonchev–Trinajstić information content (AvgIpc) is 3.64. The highest BCUT2D eigenvalue weighted by Gasteiger charge is 2.20. The Morgan fingerprint density at radius 3 is 1.63 bits per heavy atom. The first-order valence-corrected chi connectivity index (χ1v) is 17.2. The number of aryl methyl sites for hydroxylation is 4. The summed E-state index contributed by atoms with van der Waals surface area (Å²) in [5.41, 5.74) is 2.72. The first kappa shape index (κ1) is 35.4. The maximum absolute atomic E-state index is 13.3. The molecule has 0 atom stereocenters.